The van der Waals surface area contributed by atoms with Crippen molar-refractivity contribution in [3.63, 3.8) is 0 Å². The molecule has 2 heterocycles. The van der Waals surface area contributed by atoms with Gasteiger partial charge in [0.2, 0.25) is 12.3 Å². The van der Waals surface area contributed by atoms with E-state index in [1.54, 1.807) is 43.5 Å². The molecule has 0 bridgehead atoms. The highest BCUT2D eigenvalue weighted by molar-refractivity contribution is 5.77. The van der Waals surface area contributed by atoms with Gasteiger partial charge in [-0.1, -0.05) is 6.07 Å². The van der Waals surface area contributed by atoms with Crippen LogP contribution in [0, 0.1) is 6.92 Å². The predicted octanol–water partition coefficient (Wildman–Crippen LogP) is 2.23. The van der Waals surface area contributed by atoms with Gasteiger partial charge in [-0.2, -0.15) is 0 Å². The Hall–Kier alpha value is -3.07. The first kappa shape index (κ1) is 20.7. The first-order valence-electron chi connectivity index (χ1n) is 9.04. The van der Waals surface area contributed by atoms with Crippen LogP contribution in [0.15, 0.2) is 36.5 Å². The Bertz CT molecular complexity index is 907. The largest absolute Gasteiger partial charge is 0.484 e. The second kappa shape index (κ2) is 8.52. The highest BCUT2D eigenvalue weighted by Crippen LogP contribution is 2.34. The number of halogens is 2. The van der Waals surface area contributed by atoms with Crippen LogP contribution in [-0.4, -0.2) is 59.0 Å². The number of nitrogens with one attached hydrogen (secondary N) is 1. The van der Waals surface area contributed by atoms with Gasteiger partial charge in [-0.15, -0.1) is 0 Å². The van der Waals surface area contributed by atoms with E-state index in [4.69, 9.17) is 9.84 Å². The average molecular weight is 405 g/mol. The predicted molar refractivity (Wildman–Crippen MR) is 102 cm³/mol. The summed E-state index contributed by atoms with van der Waals surface area (Å²) in [5, 5.41) is 11.3. The second-order valence-corrected chi connectivity index (χ2v) is 6.80. The van der Waals surface area contributed by atoms with Gasteiger partial charge in [0.25, 0.3) is 0 Å². The number of aromatic nitrogens is 1. The van der Waals surface area contributed by atoms with Crippen LogP contribution in [0.4, 0.5) is 14.6 Å². The number of carbonyl (C=O) groups excluding carboxylic acids is 2. The van der Waals surface area contributed by atoms with Gasteiger partial charge in [0.1, 0.15) is 18.2 Å². The Morgan fingerprint density at radius 1 is 1.38 bits per heavy atom. The van der Waals surface area contributed by atoms with E-state index in [1.165, 1.54) is 0 Å². The number of piperidine rings is 1. The van der Waals surface area contributed by atoms with Crippen molar-refractivity contribution in [3.05, 3.63) is 42.1 Å². The maximum absolute atomic E-state index is 14.5. The maximum atomic E-state index is 14.5. The van der Waals surface area contributed by atoms with Gasteiger partial charge in [-0.25, -0.2) is 13.8 Å². The molecular formula is C20H21F2N3O4. The van der Waals surface area contributed by atoms with E-state index in [-0.39, 0.29) is 13.0 Å². The first-order chi connectivity index (χ1) is 13.8. The van der Waals surface area contributed by atoms with E-state index in [1.807, 2.05) is 0 Å². The van der Waals surface area contributed by atoms with Crippen LogP contribution in [0.3, 0.4) is 0 Å². The number of ether oxygens (including phenoxy) is 1. The lowest BCUT2D eigenvalue weighted by atomic mass is 10.0. The molecule has 3 rings (SSSR count). The van der Waals surface area contributed by atoms with Crippen LogP contribution in [-0.2, 0) is 9.59 Å². The molecule has 2 aromatic rings. The summed E-state index contributed by atoms with van der Waals surface area (Å²) < 4.78 is 34.5. The minimum atomic E-state index is -3.23. The number of hydrogen-bond acceptors (Lipinski definition) is 5. The second-order valence-electron chi connectivity index (χ2n) is 6.80. The van der Waals surface area contributed by atoms with Crippen LogP contribution in [0.2, 0.25) is 0 Å². The SMILES string of the molecule is Cc1cc(-c2ccnc(NC=O)c2)ccc1OC1CCN(C(=O)CO)CC1(F)F. The summed E-state index contributed by atoms with van der Waals surface area (Å²) in [6.45, 7) is 0.284. The fourth-order valence-corrected chi connectivity index (χ4v) is 3.24. The number of amides is 2. The third kappa shape index (κ3) is 4.68. The molecule has 1 aliphatic rings. The third-order valence-electron chi connectivity index (χ3n) is 4.77. The molecule has 1 aliphatic heterocycles. The molecule has 0 saturated carbocycles. The molecule has 1 atom stereocenters. The Kier molecular flexibility index (Phi) is 6.07. The van der Waals surface area contributed by atoms with Crippen LogP contribution in [0.5, 0.6) is 5.75 Å². The Balaban J connectivity index is 1.75. The number of aliphatic hydroxyl groups excluding tert-OH is 1. The number of nitrogens with zero attached hydrogens (tertiary/aromatic N) is 2. The van der Waals surface area contributed by atoms with Crippen LogP contribution in [0.1, 0.15) is 12.0 Å². The Labute approximate surface area is 166 Å². The molecule has 1 aromatic carbocycles. The third-order valence-corrected chi connectivity index (χ3v) is 4.77. The van der Waals surface area contributed by atoms with E-state index < -0.39 is 31.1 Å². The molecule has 0 spiro atoms. The van der Waals surface area contributed by atoms with E-state index >= 15 is 0 Å². The summed E-state index contributed by atoms with van der Waals surface area (Å²) in [6, 6.07) is 8.64. The number of rotatable bonds is 6. The standard InChI is InChI=1S/C20H21F2N3O4/c1-13-8-14(15-4-6-23-18(9-15)24-12-27)2-3-16(13)29-17-5-7-25(19(28)10-26)11-20(17,21)22/h2-4,6,8-9,12,17,26H,5,7,10-11H2,1H3,(H,23,24,27). The van der Waals surface area contributed by atoms with Gasteiger partial charge in [0.15, 0.2) is 6.10 Å². The molecule has 1 aromatic heterocycles. The fraction of sp³-hybridized carbons (Fsp3) is 0.350. The molecule has 0 radical (unpaired) electrons. The van der Waals surface area contributed by atoms with Crippen molar-refractivity contribution in [2.75, 3.05) is 25.0 Å². The molecule has 1 saturated heterocycles. The van der Waals surface area contributed by atoms with Crippen molar-refractivity contribution in [1.82, 2.24) is 9.88 Å². The molecule has 2 amide bonds. The van der Waals surface area contributed by atoms with Crippen molar-refractivity contribution in [2.24, 2.45) is 0 Å². The lowest BCUT2D eigenvalue weighted by molar-refractivity contribution is -0.161. The molecular weight excluding hydrogens is 384 g/mol. The molecule has 7 nitrogen and oxygen atoms in total. The van der Waals surface area contributed by atoms with E-state index in [9.17, 15) is 18.4 Å². The number of aryl methyl sites for hydroxylation is 1. The van der Waals surface area contributed by atoms with E-state index in [0.29, 0.717) is 23.5 Å². The van der Waals surface area contributed by atoms with Gasteiger partial charge in [0.05, 0.1) is 6.54 Å². The van der Waals surface area contributed by atoms with Crippen LogP contribution in [0.25, 0.3) is 11.1 Å². The molecule has 2 N–H and O–H groups in total. The molecule has 154 valence electrons. The molecule has 1 fully saturated rings. The summed E-state index contributed by atoms with van der Waals surface area (Å²) in [5.41, 5.74) is 2.30. The van der Waals surface area contributed by atoms with Gasteiger partial charge >= 0.3 is 5.92 Å². The monoisotopic (exact) mass is 405 g/mol. The van der Waals surface area contributed by atoms with Crippen molar-refractivity contribution < 1.29 is 28.2 Å². The number of likely N-dealkylation sites (tertiary alicyclic amines) is 1. The van der Waals surface area contributed by atoms with Gasteiger partial charge in [-0.3, -0.25) is 9.59 Å². The van der Waals surface area contributed by atoms with Crippen molar-refractivity contribution >= 4 is 18.1 Å². The number of pyridine rings is 1. The van der Waals surface area contributed by atoms with E-state index in [2.05, 4.69) is 10.3 Å². The number of carbonyl (C=O) groups is 2. The highest BCUT2D eigenvalue weighted by Gasteiger charge is 2.47. The quantitative estimate of drug-likeness (QED) is 0.720. The lowest BCUT2D eigenvalue weighted by Crippen LogP contribution is -2.55. The number of anilines is 1. The van der Waals surface area contributed by atoms with Gasteiger partial charge in [0, 0.05) is 19.2 Å². The fourth-order valence-electron chi connectivity index (χ4n) is 3.24. The highest BCUT2D eigenvalue weighted by atomic mass is 19.3. The zero-order chi connectivity index (χ0) is 21.0. The number of benzene rings is 1. The summed E-state index contributed by atoms with van der Waals surface area (Å²) in [6.07, 6.45) is 0.695. The van der Waals surface area contributed by atoms with Crippen molar-refractivity contribution in [1.29, 1.82) is 0 Å². The Morgan fingerprint density at radius 2 is 2.14 bits per heavy atom. The number of aliphatic hydroxyl groups is 1. The Morgan fingerprint density at radius 3 is 2.79 bits per heavy atom. The number of alkyl halides is 2. The smallest absolute Gasteiger partial charge is 0.301 e. The number of hydrogen-bond donors (Lipinski definition) is 2. The first-order valence-corrected chi connectivity index (χ1v) is 9.04. The van der Waals surface area contributed by atoms with Crippen molar-refractivity contribution in [3.8, 4) is 16.9 Å². The summed E-state index contributed by atoms with van der Waals surface area (Å²) >= 11 is 0. The topological polar surface area (TPSA) is 91.8 Å². The zero-order valence-electron chi connectivity index (χ0n) is 15.8. The van der Waals surface area contributed by atoms with Crippen LogP contribution >= 0.6 is 0 Å². The molecule has 0 aliphatic carbocycles. The maximum Gasteiger partial charge on any atom is 0.301 e. The van der Waals surface area contributed by atoms with Crippen molar-refractivity contribution in [2.45, 2.75) is 25.4 Å². The summed E-state index contributed by atoms with van der Waals surface area (Å²) in [7, 11) is 0. The van der Waals surface area contributed by atoms with E-state index in [0.717, 1.165) is 16.0 Å². The molecule has 1 unspecified atom stereocenters. The zero-order valence-corrected chi connectivity index (χ0v) is 15.8. The minimum Gasteiger partial charge on any atom is -0.484 e. The minimum absolute atomic E-state index is 0.0367. The van der Waals surface area contributed by atoms with Gasteiger partial charge in [-0.05, 0) is 47.9 Å². The average Bonchev–Trinajstić information content (AvgIpc) is 2.70. The summed E-state index contributed by atoms with van der Waals surface area (Å²) in [5.74, 6) is -3.21. The molecule has 29 heavy (non-hydrogen) atoms. The summed E-state index contributed by atoms with van der Waals surface area (Å²) in [4.78, 5) is 27.0. The van der Waals surface area contributed by atoms with Crippen LogP contribution < -0.4 is 10.1 Å². The normalized spacial score (nSPS) is 18.2. The molecule has 9 heteroatoms. The van der Waals surface area contributed by atoms with Gasteiger partial charge < -0.3 is 20.1 Å². The lowest BCUT2D eigenvalue weighted by Gasteiger charge is -2.38.